The van der Waals surface area contributed by atoms with E-state index in [0.717, 1.165) is 69.4 Å². The summed E-state index contributed by atoms with van der Waals surface area (Å²) in [6, 6.07) is 11.3. The van der Waals surface area contributed by atoms with E-state index in [9.17, 15) is 18.8 Å². The molecule has 3 aromatic heterocycles. The van der Waals surface area contributed by atoms with Crippen LogP contribution in [-0.2, 0) is 16.6 Å². The molecule has 2 fully saturated rings. The average molecular weight is 506 g/mol. The van der Waals surface area contributed by atoms with Crippen molar-refractivity contribution in [2.45, 2.75) is 50.0 Å². The molecular weight excluding hydrogens is 476 g/mol. The lowest BCUT2D eigenvalue weighted by Crippen LogP contribution is -2.47. The van der Waals surface area contributed by atoms with Crippen LogP contribution < -0.4 is 0 Å². The Labute approximate surface area is 214 Å². The number of morpholine rings is 1. The van der Waals surface area contributed by atoms with E-state index in [-0.39, 0.29) is 17.8 Å². The van der Waals surface area contributed by atoms with Crippen molar-refractivity contribution in [3.05, 3.63) is 77.5 Å². The summed E-state index contributed by atoms with van der Waals surface area (Å²) in [4.78, 5) is 24.0. The number of hydrogen-bond acceptors (Lipinski definition) is 6. The van der Waals surface area contributed by atoms with Gasteiger partial charge in [-0.3, -0.25) is 14.7 Å². The molecular formula is C28H29F2N5O2. The normalized spacial score (nSPS) is 22.6. The number of ether oxygens (including phenoxy) is 1. The van der Waals surface area contributed by atoms with E-state index in [1.807, 2.05) is 12.1 Å². The molecule has 7 nitrogen and oxygen atoms in total. The number of halogens is 2. The van der Waals surface area contributed by atoms with Crippen LogP contribution in [-0.4, -0.2) is 57.6 Å². The highest BCUT2D eigenvalue weighted by atomic mass is 19.3. The molecule has 0 aromatic carbocycles. The van der Waals surface area contributed by atoms with Gasteiger partial charge in [0.25, 0.3) is 6.43 Å². The minimum absolute atomic E-state index is 0.0847. The molecule has 1 aliphatic carbocycles. The van der Waals surface area contributed by atoms with Gasteiger partial charge in [0.15, 0.2) is 5.78 Å². The zero-order valence-corrected chi connectivity index (χ0v) is 20.5. The number of carbonyl (C=O) groups excluding carboxylic acids is 1. The third-order valence-electron chi connectivity index (χ3n) is 7.57. The van der Waals surface area contributed by atoms with E-state index < -0.39 is 11.8 Å². The van der Waals surface area contributed by atoms with E-state index in [0.29, 0.717) is 17.4 Å². The Morgan fingerprint density at radius 2 is 1.89 bits per heavy atom. The van der Waals surface area contributed by atoms with Crippen LogP contribution in [0.1, 0.15) is 59.3 Å². The lowest BCUT2D eigenvalue weighted by atomic mass is 9.71. The molecule has 0 N–H and O–H groups in total. The Hall–Kier alpha value is -3.48. The predicted molar refractivity (Wildman–Crippen MR) is 133 cm³/mol. The second-order valence-electron chi connectivity index (χ2n) is 9.78. The Bertz CT molecular complexity index is 1250. The third kappa shape index (κ3) is 5.45. The van der Waals surface area contributed by atoms with E-state index >= 15 is 0 Å². The van der Waals surface area contributed by atoms with Crippen molar-refractivity contribution in [1.82, 2.24) is 19.4 Å². The number of Topliss-reactive ketones (excluding diaryl/α,β-unsaturated/α-hetero) is 1. The van der Waals surface area contributed by atoms with Crippen LogP contribution in [0.15, 0.2) is 55.1 Å². The monoisotopic (exact) mass is 505 g/mol. The van der Waals surface area contributed by atoms with E-state index in [4.69, 9.17) is 4.74 Å². The van der Waals surface area contributed by atoms with Crippen LogP contribution in [0.2, 0.25) is 0 Å². The van der Waals surface area contributed by atoms with Crippen molar-refractivity contribution in [3.63, 3.8) is 0 Å². The Kier molecular flexibility index (Phi) is 7.40. The second kappa shape index (κ2) is 10.9. The van der Waals surface area contributed by atoms with Crippen molar-refractivity contribution >= 4 is 5.78 Å². The molecule has 9 heteroatoms. The molecule has 1 aliphatic heterocycles. The zero-order valence-electron chi connectivity index (χ0n) is 20.5. The number of rotatable bonds is 7. The van der Waals surface area contributed by atoms with E-state index in [1.165, 1.54) is 12.1 Å². The topological polar surface area (TPSA) is 84.0 Å². The maximum atomic E-state index is 12.9. The van der Waals surface area contributed by atoms with Gasteiger partial charge in [0.1, 0.15) is 5.82 Å². The summed E-state index contributed by atoms with van der Waals surface area (Å²) in [6.45, 7) is 3.46. The molecule has 2 aliphatic rings. The highest BCUT2D eigenvalue weighted by Gasteiger charge is 2.40. The van der Waals surface area contributed by atoms with E-state index in [2.05, 4.69) is 20.9 Å². The maximum absolute atomic E-state index is 12.9. The quantitative estimate of drug-likeness (QED) is 0.434. The Morgan fingerprint density at radius 3 is 2.51 bits per heavy atom. The van der Waals surface area contributed by atoms with Crippen LogP contribution in [0.4, 0.5) is 8.78 Å². The van der Waals surface area contributed by atoms with Crippen LogP contribution in [0.25, 0.3) is 5.82 Å². The van der Waals surface area contributed by atoms with Crippen LogP contribution >= 0.6 is 0 Å². The number of alkyl halides is 2. The van der Waals surface area contributed by atoms with Gasteiger partial charge in [-0.2, -0.15) is 5.26 Å². The first-order valence-corrected chi connectivity index (χ1v) is 12.6. The van der Waals surface area contributed by atoms with Crippen LogP contribution in [0.3, 0.4) is 0 Å². The standard InChI is InChI=1S/C28H29F2N5O2/c29-27(30)21-2-4-26(33-17-21)35-10-7-22(18-35)24(36)15-20-1-3-25(32-16-20)28(19-31)8-5-23(6-9-28)34-11-13-37-14-12-34/h1-4,7,10,16-18,23,27H,5-6,8-9,11-15H2. The third-order valence-corrected chi connectivity index (χ3v) is 7.57. The van der Waals surface area contributed by atoms with E-state index in [1.54, 1.807) is 29.2 Å². The number of aromatic nitrogens is 3. The molecule has 0 spiro atoms. The molecule has 1 saturated carbocycles. The summed E-state index contributed by atoms with van der Waals surface area (Å²) < 4.78 is 32.6. The number of pyridine rings is 2. The minimum atomic E-state index is -2.57. The highest BCUT2D eigenvalue weighted by Crippen LogP contribution is 2.39. The maximum Gasteiger partial charge on any atom is 0.265 e. The minimum Gasteiger partial charge on any atom is -0.379 e. The summed E-state index contributed by atoms with van der Waals surface area (Å²) in [5, 5.41) is 10.1. The lowest BCUT2D eigenvalue weighted by Gasteiger charge is -2.41. The van der Waals surface area contributed by atoms with Gasteiger partial charge in [-0.1, -0.05) is 6.07 Å². The van der Waals surface area contributed by atoms with Gasteiger partial charge in [-0.15, -0.1) is 0 Å². The number of nitrogens with zero attached hydrogens (tertiary/aromatic N) is 5. The number of carbonyl (C=O) groups is 1. The molecule has 37 heavy (non-hydrogen) atoms. The fraction of sp³-hybridized carbons (Fsp3) is 0.429. The molecule has 192 valence electrons. The number of hydrogen-bond donors (Lipinski definition) is 0. The number of ketones is 1. The van der Waals surface area contributed by atoms with Gasteiger partial charge >= 0.3 is 0 Å². The lowest BCUT2D eigenvalue weighted by molar-refractivity contribution is 0.00493. The smallest absolute Gasteiger partial charge is 0.265 e. The first-order valence-electron chi connectivity index (χ1n) is 12.6. The van der Waals surface area contributed by atoms with Gasteiger partial charge in [0.2, 0.25) is 0 Å². The largest absolute Gasteiger partial charge is 0.379 e. The zero-order chi connectivity index (χ0) is 25.8. The molecule has 4 heterocycles. The molecule has 0 atom stereocenters. The molecule has 5 rings (SSSR count). The Balaban J connectivity index is 1.21. The van der Waals surface area contributed by atoms with Gasteiger partial charge in [-0.05, 0) is 55.5 Å². The van der Waals surface area contributed by atoms with Crippen molar-refractivity contribution in [2.75, 3.05) is 26.3 Å². The first kappa shape index (κ1) is 25.2. The summed E-state index contributed by atoms with van der Waals surface area (Å²) in [7, 11) is 0. The van der Waals surface area contributed by atoms with Crippen molar-refractivity contribution in [1.29, 1.82) is 5.26 Å². The molecule has 3 aromatic rings. The highest BCUT2D eigenvalue weighted by molar-refractivity contribution is 5.97. The molecule has 0 radical (unpaired) electrons. The van der Waals surface area contributed by atoms with Crippen molar-refractivity contribution in [2.24, 2.45) is 0 Å². The summed E-state index contributed by atoms with van der Waals surface area (Å²) in [6.07, 6.45) is 7.24. The average Bonchev–Trinajstić information content (AvgIpc) is 3.45. The van der Waals surface area contributed by atoms with Crippen LogP contribution in [0, 0.1) is 11.3 Å². The summed E-state index contributed by atoms with van der Waals surface area (Å²) in [5.41, 5.74) is 1.31. The fourth-order valence-corrected chi connectivity index (χ4v) is 5.31. The molecule has 1 saturated heterocycles. The molecule has 0 bridgehead atoms. The molecule has 0 unspecified atom stereocenters. The van der Waals surface area contributed by atoms with Gasteiger partial charge in [0.05, 0.1) is 30.4 Å². The van der Waals surface area contributed by atoms with Crippen molar-refractivity contribution < 1.29 is 18.3 Å². The van der Waals surface area contributed by atoms with Gasteiger partial charge in [-0.25, -0.2) is 13.8 Å². The number of nitriles is 1. The van der Waals surface area contributed by atoms with Crippen molar-refractivity contribution in [3.8, 4) is 11.9 Å². The predicted octanol–water partition coefficient (Wildman–Crippen LogP) is 4.67. The SMILES string of the molecule is N#CC1(c2ccc(CC(=O)c3ccn(-c4ccc(C(F)F)cn4)c3)cn2)CCC(N2CCOCC2)CC1. The first-order chi connectivity index (χ1) is 18.0. The fourth-order valence-electron chi connectivity index (χ4n) is 5.31. The second-order valence-corrected chi connectivity index (χ2v) is 9.78. The van der Waals surface area contributed by atoms with Crippen LogP contribution in [0.5, 0.6) is 0 Å². The Morgan fingerprint density at radius 1 is 1.11 bits per heavy atom. The van der Waals surface area contributed by atoms with Gasteiger partial charge in [0, 0.05) is 61.5 Å². The van der Waals surface area contributed by atoms with Gasteiger partial charge < -0.3 is 9.30 Å². The summed E-state index contributed by atoms with van der Waals surface area (Å²) in [5.74, 6) is 0.373. The summed E-state index contributed by atoms with van der Waals surface area (Å²) >= 11 is 0. The molecule has 0 amide bonds.